The summed E-state index contributed by atoms with van der Waals surface area (Å²) in [5.74, 6) is 0. The summed E-state index contributed by atoms with van der Waals surface area (Å²) < 4.78 is 0. The smallest absolute Gasteiger partial charge is 0.0546 e. The third-order valence-corrected chi connectivity index (χ3v) is 13.3. The molecule has 9 aromatic rings. The van der Waals surface area contributed by atoms with E-state index in [-0.39, 0.29) is 10.8 Å². The van der Waals surface area contributed by atoms with E-state index in [1.807, 2.05) is 0 Å². The summed E-state index contributed by atoms with van der Waals surface area (Å²) >= 11 is 0. The second-order valence-corrected chi connectivity index (χ2v) is 17.3. The molecule has 2 aliphatic carbocycles. The predicted octanol–water partition coefficient (Wildman–Crippen LogP) is 15.9. The Bertz CT molecular complexity index is 3090. The van der Waals surface area contributed by atoms with E-state index in [4.69, 9.17) is 0 Å². The first-order chi connectivity index (χ1) is 28.8. The molecule has 0 radical (unpaired) electrons. The Labute approximate surface area is 347 Å². The largest absolute Gasteiger partial charge is 0.310 e. The van der Waals surface area contributed by atoms with E-state index in [0.717, 1.165) is 17.1 Å². The summed E-state index contributed by atoms with van der Waals surface area (Å²) in [7, 11) is 0. The van der Waals surface area contributed by atoms with Gasteiger partial charge >= 0.3 is 0 Å². The Morgan fingerprint density at radius 3 is 1.64 bits per heavy atom. The molecule has 0 unspecified atom stereocenters. The fourth-order valence-corrected chi connectivity index (χ4v) is 10.4. The molecule has 9 aromatic carbocycles. The van der Waals surface area contributed by atoms with Gasteiger partial charge in [0.15, 0.2) is 0 Å². The molecule has 0 amide bonds. The minimum Gasteiger partial charge on any atom is -0.310 e. The average Bonchev–Trinajstić information content (AvgIpc) is 3.66. The normalized spacial score (nSPS) is 14.0. The van der Waals surface area contributed by atoms with Crippen molar-refractivity contribution in [2.45, 2.75) is 38.5 Å². The number of hydrogen-bond donors (Lipinski definition) is 0. The van der Waals surface area contributed by atoms with Crippen LogP contribution in [0.15, 0.2) is 200 Å². The lowest BCUT2D eigenvalue weighted by Crippen LogP contribution is -2.17. The maximum atomic E-state index is 2.50. The highest BCUT2D eigenvalue weighted by Gasteiger charge is 2.38. The molecule has 0 saturated heterocycles. The van der Waals surface area contributed by atoms with Gasteiger partial charge in [-0.3, -0.25) is 0 Å². The van der Waals surface area contributed by atoms with E-state index in [2.05, 4.69) is 233 Å². The van der Waals surface area contributed by atoms with Crippen LogP contribution in [-0.4, -0.2) is 0 Å². The van der Waals surface area contributed by atoms with Crippen LogP contribution in [0.3, 0.4) is 0 Å². The number of anilines is 3. The fourth-order valence-electron chi connectivity index (χ4n) is 10.4. The molecule has 0 N–H and O–H groups in total. The topological polar surface area (TPSA) is 3.24 Å². The molecular weight excluding hydrogens is 711 g/mol. The zero-order valence-corrected chi connectivity index (χ0v) is 34.0. The van der Waals surface area contributed by atoms with Crippen LogP contribution in [0.25, 0.3) is 66.4 Å². The maximum absolute atomic E-state index is 2.50. The van der Waals surface area contributed by atoms with E-state index in [9.17, 15) is 0 Å². The molecule has 1 nitrogen and oxygen atoms in total. The average molecular weight is 756 g/mol. The van der Waals surface area contributed by atoms with Crippen molar-refractivity contribution in [3.8, 4) is 55.6 Å². The van der Waals surface area contributed by atoms with Crippen molar-refractivity contribution >= 4 is 27.8 Å². The molecule has 282 valence electrons. The van der Waals surface area contributed by atoms with Crippen LogP contribution in [0.1, 0.15) is 49.9 Å². The number of rotatable bonds is 6. The first-order valence-electron chi connectivity index (χ1n) is 20.8. The third-order valence-electron chi connectivity index (χ3n) is 13.3. The molecule has 0 spiro atoms. The van der Waals surface area contributed by atoms with Gasteiger partial charge < -0.3 is 4.90 Å². The van der Waals surface area contributed by atoms with Gasteiger partial charge in [0.1, 0.15) is 0 Å². The maximum Gasteiger partial charge on any atom is 0.0546 e. The van der Waals surface area contributed by atoms with Crippen molar-refractivity contribution in [3.63, 3.8) is 0 Å². The summed E-state index contributed by atoms with van der Waals surface area (Å²) in [5.41, 5.74) is 21.3. The van der Waals surface area contributed by atoms with Crippen molar-refractivity contribution < 1.29 is 0 Å². The van der Waals surface area contributed by atoms with Gasteiger partial charge in [-0.2, -0.15) is 0 Å². The molecule has 0 aromatic heterocycles. The van der Waals surface area contributed by atoms with Gasteiger partial charge in [0, 0.05) is 27.8 Å². The molecule has 0 bridgehead atoms. The van der Waals surface area contributed by atoms with Crippen LogP contribution in [0.5, 0.6) is 0 Å². The van der Waals surface area contributed by atoms with Crippen molar-refractivity contribution in [1.82, 2.24) is 0 Å². The lowest BCUT2D eigenvalue weighted by Gasteiger charge is -2.30. The van der Waals surface area contributed by atoms with Crippen LogP contribution in [-0.2, 0) is 10.8 Å². The second-order valence-electron chi connectivity index (χ2n) is 17.3. The molecular formula is C58H45N. The lowest BCUT2D eigenvalue weighted by atomic mass is 9.79. The molecule has 0 saturated carbocycles. The van der Waals surface area contributed by atoms with Gasteiger partial charge in [0.25, 0.3) is 0 Å². The van der Waals surface area contributed by atoms with Gasteiger partial charge in [-0.15, -0.1) is 0 Å². The van der Waals surface area contributed by atoms with Gasteiger partial charge in [-0.1, -0.05) is 198 Å². The molecule has 11 rings (SSSR count). The van der Waals surface area contributed by atoms with Crippen LogP contribution in [0.4, 0.5) is 17.1 Å². The van der Waals surface area contributed by atoms with Gasteiger partial charge in [-0.25, -0.2) is 0 Å². The highest BCUT2D eigenvalue weighted by Crippen LogP contribution is 2.54. The fraction of sp³-hybridized carbons (Fsp3) is 0.103. The SMILES string of the molecule is CC1(C)c2ccccc2-c2ccc(N(c3ccc(-c4cccc5c4C(C)(C)c4ccccc4-5)cc3)c3cc(-c4cccc5ccccc45)ccc3-c3ccccc3)cc21. The second kappa shape index (κ2) is 13.3. The standard InChI is InChI=1S/C58H45N/c1-57(2)52-26-12-10-21-48(52)50-35-33-43(37-54(50)57)59(42-31-28-40(29-32-42)47-24-15-25-51-49-22-11-13-27-53(49)58(3,4)56(47)51)55-36-41(30-34-46(55)39-16-6-5-7-17-39)45-23-14-19-38-18-8-9-20-44(38)45/h5-37H,1-4H3. The summed E-state index contributed by atoms with van der Waals surface area (Å²) in [6, 6.07) is 74.4. The number of benzene rings is 9. The number of nitrogens with zero attached hydrogens (tertiary/aromatic N) is 1. The minimum absolute atomic E-state index is 0.103. The van der Waals surface area contributed by atoms with E-state index in [1.165, 1.54) is 88.7 Å². The first-order valence-corrected chi connectivity index (χ1v) is 20.8. The molecule has 0 fully saturated rings. The highest BCUT2D eigenvalue weighted by atomic mass is 15.1. The summed E-state index contributed by atoms with van der Waals surface area (Å²) in [6.07, 6.45) is 0. The van der Waals surface area contributed by atoms with E-state index in [1.54, 1.807) is 0 Å². The van der Waals surface area contributed by atoms with Gasteiger partial charge in [0.2, 0.25) is 0 Å². The minimum atomic E-state index is -0.136. The van der Waals surface area contributed by atoms with Crippen molar-refractivity contribution in [1.29, 1.82) is 0 Å². The van der Waals surface area contributed by atoms with Crippen LogP contribution in [0.2, 0.25) is 0 Å². The van der Waals surface area contributed by atoms with Gasteiger partial charge in [-0.05, 0) is 113 Å². The number of fused-ring (bicyclic) bond motifs is 7. The molecule has 0 heterocycles. The Morgan fingerprint density at radius 2 is 0.847 bits per heavy atom. The Hall–Kier alpha value is -6.96. The van der Waals surface area contributed by atoms with E-state index in [0.29, 0.717) is 0 Å². The van der Waals surface area contributed by atoms with E-state index < -0.39 is 0 Å². The highest BCUT2D eigenvalue weighted by molar-refractivity contribution is 6.00. The molecule has 59 heavy (non-hydrogen) atoms. The zero-order chi connectivity index (χ0) is 39.9. The Balaban J connectivity index is 1.13. The summed E-state index contributed by atoms with van der Waals surface area (Å²) in [6.45, 7) is 9.49. The number of hydrogen-bond acceptors (Lipinski definition) is 1. The lowest BCUT2D eigenvalue weighted by molar-refractivity contribution is 0.660. The summed E-state index contributed by atoms with van der Waals surface area (Å²) in [4.78, 5) is 2.50. The van der Waals surface area contributed by atoms with E-state index >= 15 is 0 Å². The van der Waals surface area contributed by atoms with Crippen LogP contribution < -0.4 is 4.90 Å². The molecule has 1 heteroatoms. The Kier molecular flexibility index (Phi) is 7.94. The Morgan fingerprint density at radius 1 is 0.322 bits per heavy atom. The molecule has 2 aliphatic rings. The van der Waals surface area contributed by atoms with Crippen molar-refractivity contribution in [2.24, 2.45) is 0 Å². The third kappa shape index (κ3) is 5.45. The quantitative estimate of drug-likeness (QED) is 0.163. The zero-order valence-electron chi connectivity index (χ0n) is 34.0. The molecule has 0 atom stereocenters. The monoisotopic (exact) mass is 755 g/mol. The van der Waals surface area contributed by atoms with Crippen LogP contribution in [0, 0.1) is 0 Å². The van der Waals surface area contributed by atoms with Crippen LogP contribution >= 0.6 is 0 Å². The van der Waals surface area contributed by atoms with Crippen molar-refractivity contribution in [3.05, 3.63) is 222 Å². The van der Waals surface area contributed by atoms with Crippen molar-refractivity contribution in [2.75, 3.05) is 4.90 Å². The first kappa shape index (κ1) is 35.2. The summed E-state index contributed by atoms with van der Waals surface area (Å²) in [5, 5.41) is 2.49. The predicted molar refractivity (Wildman–Crippen MR) is 250 cm³/mol. The van der Waals surface area contributed by atoms with Gasteiger partial charge in [0.05, 0.1) is 5.69 Å². The molecule has 0 aliphatic heterocycles.